The second-order valence-corrected chi connectivity index (χ2v) is 4.95. The van der Waals surface area contributed by atoms with E-state index < -0.39 is 7.37 Å². The fourth-order valence-electron chi connectivity index (χ4n) is 0.685. The lowest BCUT2D eigenvalue weighted by Crippen LogP contribution is -2.01. The van der Waals surface area contributed by atoms with Crippen LogP contribution in [0.2, 0.25) is 0 Å². The van der Waals surface area contributed by atoms with Gasteiger partial charge in [-0.25, -0.2) is 0 Å². The van der Waals surface area contributed by atoms with Crippen molar-refractivity contribution < 1.29 is 13.8 Å². The molecule has 0 spiro atoms. The van der Waals surface area contributed by atoms with E-state index in [1.54, 1.807) is 0 Å². The number of hydrogen-bond acceptors (Lipinski definition) is 3. The molecule has 0 aromatic rings. The molecule has 68 valence electrons. The quantitative estimate of drug-likeness (QED) is 0.588. The van der Waals surface area contributed by atoms with E-state index in [-0.39, 0.29) is 6.35 Å². The van der Waals surface area contributed by atoms with Crippen LogP contribution in [0.25, 0.3) is 0 Å². The van der Waals surface area contributed by atoms with E-state index in [2.05, 4.69) is 0 Å². The molecule has 3 nitrogen and oxygen atoms in total. The summed E-state index contributed by atoms with van der Waals surface area (Å²) >= 11 is 0. The van der Waals surface area contributed by atoms with Crippen LogP contribution in [-0.4, -0.2) is 25.7 Å². The molecule has 0 aliphatic rings. The Morgan fingerprint density at radius 1 is 1.18 bits per heavy atom. The molecule has 0 aliphatic heterocycles. The topological polar surface area (TPSA) is 35.5 Å². The monoisotopic (exact) mass is 180 g/mol. The van der Waals surface area contributed by atoms with Crippen molar-refractivity contribution >= 4 is 7.37 Å². The van der Waals surface area contributed by atoms with Crippen molar-refractivity contribution in [2.75, 3.05) is 25.7 Å². The third-order valence-electron chi connectivity index (χ3n) is 1.34. The van der Waals surface area contributed by atoms with Gasteiger partial charge in [0.25, 0.3) is 0 Å². The van der Waals surface area contributed by atoms with E-state index >= 15 is 0 Å². The molecular formula is C7H17O3P. The van der Waals surface area contributed by atoms with Gasteiger partial charge >= 0.3 is 0 Å². The zero-order valence-electron chi connectivity index (χ0n) is 7.50. The lowest BCUT2D eigenvalue weighted by molar-refractivity contribution is 0.176. The van der Waals surface area contributed by atoms with Crippen LogP contribution in [0.5, 0.6) is 0 Å². The normalized spacial score (nSPS) is 16.3. The van der Waals surface area contributed by atoms with Crippen LogP contribution < -0.4 is 0 Å². The van der Waals surface area contributed by atoms with E-state index in [1.165, 1.54) is 0 Å². The Kier molecular flexibility index (Phi) is 5.83. The first kappa shape index (κ1) is 11.2. The average Bonchev–Trinajstić information content (AvgIpc) is 2.02. The van der Waals surface area contributed by atoms with Gasteiger partial charge in [-0.1, -0.05) is 6.92 Å². The summed E-state index contributed by atoms with van der Waals surface area (Å²) in [5.74, 6) is 0. The summed E-state index contributed by atoms with van der Waals surface area (Å²) in [4.78, 5) is 0. The molecule has 0 radical (unpaired) electrons. The third kappa shape index (κ3) is 4.57. The van der Waals surface area contributed by atoms with Gasteiger partial charge in [-0.15, -0.1) is 0 Å². The van der Waals surface area contributed by atoms with Crippen LogP contribution in [0.15, 0.2) is 0 Å². The SMILES string of the molecule is CCOCP(=O)(CC)OCC. The van der Waals surface area contributed by atoms with Crippen LogP contribution in [-0.2, 0) is 13.8 Å². The van der Waals surface area contributed by atoms with Crippen molar-refractivity contribution in [2.45, 2.75) is 20.8 Å². The third-order valence-corrected chi connectivity index (χ3v) is 3.61. The summed E-state index contributed by atoms with van der Waals surface area (Å²) < 4.78 is 21.8. The summed E-state index contributed by atoms with van der Waals surface area (Å²) in [6.07, 6.45) is 0.814. The summed E-state index contributed by atoms with van der Waals surface area (Å²) in [7, 11) is -2.44. The molecule has 0 saturated carbocycles. The number of hydrogen-bond donors (Lipinski definition) is 0. The first-order valence-corrected chi connectivity index (χ1v) is 5.98. The van der Waals surface area contributed by atoms with E-state index in [0.29, 0.717) is 19.4 Å². The van der Waals surface area contributed by atoms with Crippen LogP contribution >= 0.6 is 7.37 Å². The van der Waals surface area contributed by atoms with Crippen molar-refractivity contribution in [3.8, 4) is 0 Å². The van der Waals surface area contributed by atoms with Gasteiger partial charge < -0.3 is 9.26 Å². The fraction of sp³-hybridized carbons (Fsp3) is 1.00. The van der Waals surface area contributed by atoms with Gasteiger partial charge in [0.15, 0.2) is 0 Å². The Hall–Kier alpha value is 0.150. The van der Waals surface area contributed by atoms with Crippen molar-refractivity contribution in [3.63, 3.8) is 0 Å². The molecule has 1 unspecified atom stereocenters. The Balaban J connectivity index is 3.79. The molecule has 0 fully saturated rings. The average molecular weight is 180 g/mol. The highest BCUT2D eigenvalue weighted by Crippen LogP contribution is 2.45. The Labute approximate surface area is 68.5 Å². The Morgan fingerprint density at radius 2 is 1.82 bits per heavy atom. The molecule has 4 heteroatoms. The minimum Gasteiger partial charge on any atom is -0.372 e. The molecule has 11 heavy (non-hydrogen) atoms. The van der Waals surface area contributed by atoms with Crippen LogP contribution in [0.4, 0.5) is 0 Å². The van der Waals surface area contributed by atoms with Crippen molar-refractivity contribution in [1.82, 2.24) is 0 Å². The zero-order chi connectivity index (χ0) is 8.74. The number of ether oxygens (including phenoxy) is 1. The predicted octanol–water partition coefficient (Wildman–Crippen LogP) is 2.31. The van der Waals surface area contributed by atoms with E-state index in [4.69, 9.17) is 9.26 Å². The lowest BCUT2D eigenvalue weighted by Gasteiger charge is -2.14. The molecule has 0 rings (SSSR count). The molecule has 0 aliphatic carbocycles. The summed E-state index contributed by atoms with van der Waals surface area (Å²) in [6.45, 7) is 6.67. The molecule has 0 bridgehead atoms. The van der Waals surface area contributed by atoms with Crippen molar-refractivity contribution in [1.29, 1.82) is 0 Å². The van der Waals surface area contributed by atoms with Gasteiger partial charge in [0.2, 0.25) is 7.37 Å². The highest BCUT2D eigenvalue weighted by molar-refractivity contribution is 7.58. The second kappa shape index (κ2) is 5.76. The second-order valence-electron chi connectivity index (χ2n) is 2.17. The highest BCUT2D eigenvalue weighted by atomic mass is 31.2. The van der Waals surface area contributed by atoms with Gasteiger partial charge in [-0.2, -0.15) is 0 Å². The molecule has 0 aromatic heterocycles. The van der Waals surface area contributed by atoms with Gasteiger partial charge in [0.05, 0.1) is 6.61 Å². The predicted molar refractivity (Wildman–Crippen MR) is 46.3 cm³/mol. The molecule has 0 amide bonds. The summed E-state index contributed by atoms with van der Waals surface area (Å²) in [5.41, 5.74) is 0. The molecule has 0 N–H and O–H groups in total. The maximum Gasteiger partial charge on any atom is 0.227 e. The minimum atomic E-state index is -2.44. The maximum atomic E-state index is 11.6. The first-order chi connectivity index (χ1) is 5.18. The van der Waals surface area contributed by atoms with Gasteiger partial charge in [-0.3, -0.25) is 4.57 Å². The first-order valence-electron chi connectivity index (χ1n) is 3.98. The molecule has 0 aromatic carbocycles. The van der Waals surface area contributed by atoms with Crippen LogP contribution in [0.3, 0.4) is 0 Å². The van der Waals surface area contributed by atoms with Gasteiger partial charge in [0.1, 0.15) is 6.35 Å². The summed E-state index contributed by atoms with van der Waals surface area (Å²) in [5, 5.41) is 0. The largest absolute Gasteiger partial charge is 0.372 e. The Bertz CT molecular complexity index is 136. The fourth-order valence-corrected chi connectivity index (χ4v) is 2.06. The lowest BCUT2D eigenvalue weighted by atomic mass is 10.9. The number of rotatable bonds is 6. The standard InChI is InChI=1S/C7H17O3P/c1-4-9-7-11(8,6-3)10-5-2/h4-7H2,1-3H3. The van der Waals surface area contributed by atoms with E-state index in [9.17, 15) is 4.57 Å². The zero-order valence-corrected chi connectivity index (χ0v) is 8.39. The molecule has 1 atom stereocenters. The minimum absolute atomic E-state index is 0.258. The molecule has 0 heterocycles. The van der Waals surface area contributed by atoms with Crippen LogP contribution in [0.1, 0.15) is 20.8 Å². The van der Waals surface area contributed by atoms with Crippen molar-refractivity contribution in [3.05, 3.63) is 0 Å². The van der Waals surface area contributed by atoms with E-state index in [0.717, 1.165) is 0 Å². The Morgan fingerprint density at radius 3 is 2.18 bits per heavy atom. The van der Waals surface area contributed by atoms with Crippen LogP contribution in [0, 0.1) is 0 Å². The smallest absolute Gasteiger partial charge is 0.227 e. The summed E-state index contributed by atoms with van der Waals surface area (Å²) in [6, 6.07) is 0. The van der Waals surface area contributed by atoms with E-state index in [1.807, 2.05) is 20.8 Å². The molecule has 0 saturated heterocycles. The maximum absolute atomic E-state index is 11.6. The molecular weight excluding hydrogens is 163 g/mol. The highest BCUT2D eigenvalue weighted by Gasteiger charge is 2.19. The van der Waals surface area contributed by atoms with Gasteiger partial charge in [-0.05, 0) is 13.8 Å². The van der Waals surface area contributed by atoms with Crippen molar-refractivity contribution in [2.24, 2.45) is 0 Å². The van der Waals surface area contributed by atoms with Gasteiger partial charge in [0, 0.05) is 12.8 Å².